The predicted octanol–water partition coefficient (Wildman–Crippen LogP) is 4.56. The zero-order valence-electron chi connectivity index (χ0n) is 14.3. The van der Waals surface area contributed by atoms with Crippen molar-refractivity contribution in [2.24, 2.45) is 0 Å². The molecule has 2 N–H and O–H groups in total. The Kier molecular flexibility index (Phi) is 6.44. The highest BCUT2D eigenvalue weighted by molar-refractivity contribution is 6.07. The van der Waals surface area contributed by atoms with Crippen LogP contribution < -0.4 is 15.4 Å². The van der Waals surface area contributed by atoms with Gasteiger partial charge in [0.05, 0.1) is 17.9 Å². The molecule has 2 rings (SSSR count). The quantitative estimate of drug-likeness (QED) is 0.573. The summed E-state index contributed by atoms with van der Waals surface area (Å²) in [6, 6.07) is 13.0. The number of carbonyl (C=O) groups excluding carboxylic acids is 1. The van der Waals surface area contributed by atoms with Gasteiger partial charge in [-0.1, -0.05) is 12.1 Å². The second-order valence-electron chi connectivity index (χ2n) is 5.27. The highest BCUT2D eigenvalue weighted by Crippen LogP contribution is 2.34. The standard InChI is InChI=1S/C19H16F3N3O2/c1-2-27-15-9-7-14(8-10-15)24-12-13(11-23)18(26)25-17-6-4-3-5-16(17)19(20,21)22/h3-10,12,24H,2H2,1H3,(H,25,26)/b13-12-. The molecule has 2 aromatic carbocycles. The Labute approximate surface area is 154 Å². The zero-order chi connectivity index (χ0) is 19.9. The summed E-state index contributed by atoms with van der Waals surface area (Å²) in [5, 5.41) is 14.0. The molecular weight excluding hydrogens is 359 g/mol. The van der Waals surface area contributed by atoms with Crippen molar-refractivity contribution in [3.8, 4) is 11.8 Å². The number of rotatable bonds is 6. The van der Waals surface area contributed by atoms with E-state index in [1.165, 1.54) is 12.1 Å². The number of ether oxygens (including phenoxy) is 1. The van der Waals surface area contributed by atoms with E-state index in [1.54, 1.807) is 30.3 Å². The number of benzene rings is 2. The first-order valence-corrected chi connectivity index (χ1v) is 7.92. The van der Waals surface area contributed by atoms with Crippen LogP contribution in [0.2, 0.25) is 0 Å². The van der Waals surface area contributed by atoms with Crippen molar-refractivity contribution in [3.63, 3.8) is 0 Å². The summed E-state index contributed by atoms with van der Waals surface area (Å²) in [6.07, 6.45) is -3.50. The van der Waals surface area contributed by atoms with Crippen LogP contribution >= 0.6 is 0 Å². The number of anilines is 2. The van der Waals surface area contributed by atoms with E-state index in [9.17, 15) is 18.0 Å². The fourth-order valence-corrected chi connectivity index (χ4v) is 2.15. The van der Waals surface area contributed by atoms with E-state index in [0.29, 0.717) is 18.0 Å². The van der Waals surface area contributed by atoms with Crippen molar-refractivity contribution in [1.29, 1.82) is 5.26 Å². The minimum atomic E-state index is -4.62. The molecule has 140 valence electrons. The Bertz CT molecular complexity index is 869. The number of amides is 1. The highest BCUT2D eigenvalue weighted by atomic mass is 19.4. The SMILES string of the molecule is CCOc1ccc(N/C=C(/C#N)C(=O)Nc2ccccc2C(F)(F)F)cc1. The van der Waals surface area contributed by atoms with Gasteiger partial charge >= 0.3 is 6.18 Å². The van der Waals surface area contributed by atoms with E-state index in [4.69, 9.17) is 10.00 Å². The average molecular weight is 375 g/mol. The summed E-state index contributed by atoms with van der Waals surface area (Å²) in [7, 11) is 0. The van der Waals surface area contributed by atoms with Gasteiger partial charge in [0.1, 0.15) is 17.4 Å². The van der Waals surface area contributed by atoms with E-state index in [0.717, 1.165) is 18.3 Å². The van der Waals surface area contributed by atoms with Crippen LogP contribution in [0.4, 0.5) is 24.5 Å². The summed E-state index contributed by atoms with van der Waals surface area (Å²) in [4.78, 5) is 12.2. The van der Waals surface area contributed by atoms with Crippen LogP contribution in [0.3, 0.4) is 0 Å². The number of nitriles is 1. The van der Waals surface area contributed by atoms with E-state index >= 15 is 0 Å². The number of halogens is 3. The Balaban J connectivity index is 2.12. The topological polar surface area (TPSA) is 74.1 Å². The fourth-order valence-electron chi connectivity index (χ4n) is 2.15. The van der Waals surface area contributed by atoms with Gasteiger partial charge in [0.2, 0.25) is 0 Å². The summed E-state index contributed by atoms with van der Waals surface area (Å²) in [6.45, 7) is 2.37. The van der Waals surface area contributed by atoms with Gasteiger partial charge < -0.3 is 15.4 Å². The molecule has 0 aliphatic carbocycles. The molecule has 0 unspecified atom stereocenters. The van der Waals surface area contributed by atoms with Gasteiger partial charge in [0.25, 0.3) is 5.91 Å². The smallest absolute Gasteiger partial charge is 0.418 e. The molecule has 1 amide bonds. The molecule has 0 saturated heterocycles. The second-order valence-corrected chi connectivity index (χ2v) is 5.27. The molecule has 8 heteroatoms. The molecule has 0 heterocycles. The fraction of sp³-hybridized carbons (Fsp3) is 0.158. The molecule has 2 aromatic rings. The molecule has 27 heavy (non-hydrogen) atoms. The molecule has 0 fully saturated rings. The van der Waals surface area contributed by atoms with Gasteiger partial charge in [-0.05, 0) is 43.3 Å². The van der Waals surface area contributed by atoms with Crippen LogP contribution in [0, 0.1) is 11.3 Å². The lowest BCUT2D eigenvalue weighted by atomic mass is 10.1. The van der Waals surface area contributed by atoms with Gasteiger partial charge in [-0.15, -0.1) is 0 Å². The van der Waals surface area contributed by atoms with Crippen molar-refractivity contribution >= 4 is 17.3 Å². The van der Waals surface area contributed by atoms with Crippen LogP contribution in [-0.4, -0.2) is 12.5 Å². The molecule has 0 aliphatic rings. The predicted molar refractivity (Wildman–Crippen MR) is 95.0 cm³/mol. The number of carbonyl (C=O) groups is 1. The lowest BCUT2D eigenvalue weighted by Gasteiger charge is -2.13. The number of nitrogens with zero attached hydrogens (tertiary/aromatic N) is 1. The minimum Gasteiger partial charge on any atom is -0.494 e. The van der Waals surface area contributed by atoms with E-state index < -0.39 is 23.3 Å². The first-order chi connectivity index (χ1) is 12.8. The van der Waals surface area contributed by atoms with Crippen molar-refractivity contribution in [2.45, 2.75) is 13.1 Å². The second kappa shape index (κ2) is 8.76. The first-order valence-electron chi connectivity index (χ1n) is 7.92. The monoisotopic (exact) mass is 375 g/mol. The molecule has 0 atom stereocenters. The Morgan fingerprint density at radius 3 is 2.44 bits per heavy atom. The van der Waals surface area contributed by atoms with Crippen molar-refractivity contribution in [1.82, 2.24) is 0 Å². The van der Waals surface area contributed by atoms with E-state index in [1.807, 2.05) is 6.92 Å². The summed E-state index contributed by atoms with van der Waals surface area (Å²) in [5.74, 6) is -0.290. The maximum Gasteiger partial charge on any atom is 0.418 e. The lowest BCUT2D eigenvalue weighted by molar-refractivity contribution is -0.137. The summed E-state index contributed by atoms with van der Waals surface area (Å²) < 4.78 is 44.3. The molecule has 5 nitrogen and oxygen atoms in total. The molecular formula is C19H16F3N3O2. The molecule has 0 bridgehead atoms. The van der Waals surface area contributed by atoms with Gasteiger partial charge in [0, 0.05) is 11.9 Å². The minimum absolute atomic E-state index is 0.374. The molecule has 0 saturated carbocycles. The van der Waals surface area contributed by atoms with Crippen molar-refractivity contribution in [3.05, 3.63) is 65.9 Å². The van der Waals surface area contributed by atoms with Gasteiger partial charge in [-0.25, -0.2) is 0 Å². The van der Waals surface area contributed by atoms with Crippen molar-refractivity contribution < 1.29 is 22.7 Å². The zero-order valence-corrected chi connectivity index (χ0v) is 14.3. The maximum atomic E-state index is 13.0. The third-order valence-corrected chi connectivity index (χ3v) is 3.39. The van der Waals surface area contributed by atoms with Crippen LogP contribution in [0.5, 0.6) is 5.75 Å². The number of hydrogen-bond acceptors (Lipinski definition) is 4. The highest BCUT2D eigenvalue weighted by Gasteiger charge is 2.33. The Hall–Kier alpha value is -3.47. The van der Waals surface area contributed by atoms with Crippen molar-refractivity contribution in [2.75, 3.05) is 17.2 Å². The summed E-state index contributed by atoms with van der Waals surface area (Å²) >= 11 is 0. The number of nitrogens with one attached hydrogen (secondary N) is 2. The number of alkyl halides is 3. The van der Waals surface area contributed by atoms with Gasteiger partial charge in [-0.3, -0.25) is 4.79 Å². The third kappa shape index (κ3) is 5.51. The van der Waals surface area contributed by atoms with Crippen LogP contribution in [0.25, 0.3) is 0 Å². The summed E-state index contributed by atoms with van der Waals surface area (Å²) in [5.41, 5.74) is -1.21. The Morgan fingerprint density at radius 1 is 1.19 bits per heavy atom. The molecule has 0 radical (unpaired) electrons. The third-order valence-electron chi connectivity index (χ3n) is 3.39. The largest absolute Gasteiger partial charge is 0.494 e. The average Bonchev–Trinajstić information content (AvgIpc) is 2.63. The number of hydrogen-bond donors (Lipinski definition) is 2. The van der Waals surface area contributed by atoms with Crippen LogP contribution in [0.15, 0.2) is 60.3 Å². The van der Waals surface area contributed by atoms with E-state index in [-0.39, 0.29) is 5.57 Å². The van der Waals surface area contributed by atoms with Crippen LogP contribution in [-0.2, 0) is 11.0 Å². The van der Waals surface area contributed by atoms with Gasteiger partial charge in [-0.2, -0.15) is 18.4 Å². The lowest BCUT2D eigenvalue weighted by Crippen LogP contribution is -2.18. The number of para-hydroxylation sites is 1. The first kappa shape index (κ1) is 19.8. The molecule has 0 aliphatic heterocycles. The molecule has 0 spiro atoms. The normalized spacial score (nSPS) is 11.4. The van der Waals surface area contributed by atoms with E-state index in [2.05, 4.69) is 10.6 Å². The Morgan fingerprint density at radius 2 is 1.85 bits per heavy atom. The molecule has 0 aromatic heterocycles. The van der Waals surface area contributed by atoms with Gasteiger partial charge in [0.15, 0.2) is 0 Å². The van der Waals surface area contributed by atoms with Crippen LogP contribution in [0.1, 0.15) is 12.5 Å². The maximum absolute atomic E-state index is 13.0.